The first-order valence-corrected chi connectivity index (χ1v) is 6.54. The first-order chi connectivity index (χ1) is 9.16. The number of hydrogen-bond donors (Lipinski definition) is 3. The quantitative estimate of drug-likeness (QED) is 0.769. The van der Waals surface area contributed by atoms with Crippen molar-refractivity contribution in [3.05, 3.63) is 35.4 Å². The molecule has 5 nitrogen and oxygen atoms in total. The molecule has 2 amide bonds. The minimum absolute atomic E-state index is 0. The zero-order valence-electron chi connectivity index (χ0n) is 11.2. The van der Waals surface area contributed by atoms with Crippen LogP contribution in [0.4, 0.5) is 0 Å². The van der Waals surface area contributed by atoms with E-state index in [0.717, 1.165) is 31.5 Å². The first-order valence-electron chi connectivity index (χ1n) is 6.54. The van der Waals surface area contributed by atoms with Crippen LogP contribution >= 0.6 is 12.4 Å². The summed E-state index contributed by atoms with van der Waals surface area (Å²) in [7, 11) is 0. The van der Waals surface area contributed by atoms with Crippen molar-refractivity contribution in [2.24, 2.45) is 11.7 Å². The minimum atomic E-state index is -0.454. The number of hydrogen-bond acceptors (Lipinski definition) is 3. The van der Waals surface area contributed by atoms with E-state index in [-0.39, 0.29) is 24.2 Å². The summed E-state index contributed by atoms with van der Waals surface area (Å²) in [6.07, 6.45) is 1.97. The molecule has 0 aliphatic carbocycles. The Kier molecular flexibility index (Phi) is 6.48. The lowest BCUT2D eigenvalue weighted by Gasteiger charge is -2.21. The number of benzene rings is 1. The van der Waals surface area contributed by atoms with E-state index in [1.807, 2.05) is 6.07 Å². The molecule has 1 aliphatic heterocycles. The lowest BCUT2D eigenvalue weighted by atomic mass is 9.99. The monoisotopic (exact) mass is 297 g/mol. The number of piperidine rings is 1. The van der Waals surface area contributed by atoms with Gasteiger partial charge in [0.25, 0.3) is 0 Å². The molecule has 1 saturated heterocycles. The number of nitrogens with one attached hydrogen (secondary N) is 2. The normalized spacial score (nSPS) is 17.9. The van der Waals surface area contributed by atoms with Crippen molar-refractivity contribution in [3.63, 3.8) is 0 Å². The summed E-state index contributed by atoms with van der Waals surface area (Å²) >= 11 is 0. The van der Waals surface area contributed by atoms with Crippen molar-refractivity contribution < 1.29 is 9.59 Å². The van der Waals surface area contributed by atoms with Crippen molar-refractivity contribution in [3.8, 4) is 0 Å². The molecule has 1 atom stereocenters. The van der Waals surface area contributed by atoms with Crippen LogP contribution in [0.15, 0.2) is 24.3 Å². The molecule has 0 aromatic heterocycles. The highest BCUT2D eigenvalue weighted by Gasteiger charge is 2.20. The van der Waals surface area contributed by atoms with Gasteiger partial charge in [-0.15, -0.1) is 12.4 Å². The highest BCUT2D eigenvalue weighted by Crippen LogP contribution is 2.10. The van der Waals surface area contributed by atoms with Crippen molar-refractivity contribution in [1.29, 1.82) is 0 Å². The van der Waals surface area contributed by atoms with Crippen LogP contribution in [-0.2, 0) is 11.3 Å². The Morgan fingerprint density at radius 3 is 2.85 bits per heavy atom. The van der Waals surface area contributed by atoms with E-state index in [9.17, 15) is 9.59 Å². The van der Waals surface area contributed by atoms with Crippen molar-refractivity contribution in [2.75, 3.05) is 13.1 Å². The lowest BCUT2D eigenvalue weighted by molar-refractivity contribution is -0.125. The van der Waals surface area contributed by atoms with E-state index in [1.165, 1.54) is 0 Å². The van der Waals surface area contributed by atoms with Gasteiger partial charge in [-0.05, 0) is 37.1 Å². The molecule has 4 N–H and O–H groups in total. The second-order valence-corrected chi connectivity index (χ2v) is 4.83. The number of rotatable bonds is 4. The predicted octanol–water partition coefficient (Wildman–Crippen LogP) is 0.823. The fourth-order valence-electron chi connectivity index (χ4n) is 2.24. The van der Waals surface area contributed by atoms with Crippen LogP contribution in [0.1, 0.15) is 28.8 Å². The molecule has 1 aromatic carbocycles. The number of carbonyl (C=O) groups excluding carboxylic acids is 2. The lowest BCUT2D eigenvalue weighted by Crippen LogP contribution is -2.40. The summed E-state index contributed by atoms with van der Waals surface area (Å²) in [6, 6.07) is 7.01. The van der Waals surface area contributed by atoms with E-state index in [2.05, 4.69) is 10.6 Å². The fourth-order valence-corrected chi connectivity index (χ4v) is 2.24. The van der Waals surface area contributed by atoms with Gasteiger partial charge in [0.2, 0.25) is 11.8 Å². The summed E-state index contributed by atoms with van der Waals surface area (Å²) < 4.78 is 0. The van der Waals surface area contributed by atoms with Crippen LogP contribution in [0.2, 0.25) is 0 Å². The molecule has 110 valence electrons. The van der Waals surface area contributed by atoms with E-state index in [0.29, 0.717) is 12.1 Å². The summed E-state index contributed by atoms with van der Waals surface area (Å²) in [5.41, 5.74) is 6.57. The molecular weight excluding hydrogens is 278 g/mol. The van der Waals surface area contributed by atoms with Crippen LogP contribution in [0.25, 0.3) is 0 Å². The zero-order valence-corrected chi connectivity index (χ0v) is 12.0. The Balaban J connectivity index is 0.00000200. The van der Waals surface area contributed by atoms with Gasteiger partial charge in [0, 0.05) is 18.7 Å². The maximum Gasteiger partial charge on any atom is 0.248 e. The topological polar surface area (TPSA) is 84.2 Å². The van der Waals surface area contributed by atoms with E-state index in [1.54, 1.807) is 18.2 Å². The number of halogens is 1. The van der Waals surface area contributed by atoms with Gasteiger partial charge in [-0.3, -0.25) is 9.59 Å². The average molecular weight is 298 g/mol. The standard InChI is InChI=1S/C14H19N3O2.ClH/c15-13(18)11-4-1-3-10(7-11)8-17-14(19)12-5-2-6-16-9-12;/h1,3-4,7,12,16H,2,5-6,8-9H2,(H2,15,18)(H,17,19);1H/t12-;/m1./s1. The molecule has 0 radical (unpaired) electrons. The largest absolute Gasteiger partial charge is 0.366 e. The Bertz CT molecular complexity index is 473. The molecule has 6 heteroatoms. The zero-order chi connectivity index (χ0) is 13.7. The molecule has 20 heavy (non-hydrogen) atoms. The van der Waals surface area contributed by atoms with Crippen molar-refractivity contribution in [1.82, 2.24) is 10.6 Å². The minimum Gasteiger partial charge on any atom is -0.366 e. The highest BCUT2D eigenvalue weighted by molar-refractivity contribution is 5.92. The van der Waals surface area contributed by atoms with Gasteiger partial charge >= 0.3 is 0 Å². The van der Waals surface area contributed by atoms with Crippen molar-refractivity contribution >= 4 is 24.2 Å². The molecule has 0 saturated carbocycles. The van der Waals surface area contributed by atoms with E-state index < -0.39 is 5.91 Å². The molecule has 0 bridgehead atoms. The summed E-state index contributed by atoms with van der Waals surface area (Å²) in [5.74, 6) is -0.339. The summed E-state index contributed by atoms with van der Waals surface area (Å²) in [4.78, 5) is 23.0. The number of primary amides is 1. The van der Waals surface area contributed by atoms with Gasteiger partial charge in [-0.25, -0.2) is 0 Å². The molecule has 1 fully saturated rings. The SMILES string of the molecule is Cl.NC(=O)c1cccc(CNC(=O)[C@@H]2CCCNC2)c1. The van der Waals surface area contributed by atoms with Gasteiger partial charge in [0.1, 0.15) is 0 Å². The number of amides is 2. The fraction of sp³-hybridized carbons (Fsp3) is 0.429. The molecule has 1 heterocycles. The van der Waals surface area contributed by atoms with Crippen LogP contribution in [0.3, 0.4) is 0 Å². The highest BCUT2D eigenvalue weighted by atomic mass is 35.5. The maximum atomic E-state index is 11.9. The molecule has 0 spiro atoms. The van der Waals surface area contributed by atoms with Gasteiger partial charge in [-0.1, -0.05) is 12.1 Å². The van der Waals surface area contributed by atoms with E-state index in [4.69, 9.17) is 5.73 Å². The van der Waals surface area contributed by atoms with Gasteiger partial charge in [0.05, 0.1) is 5.92 Å². The Labute approximate surface area is 124 Å². The van der Waals surface area contributed by atoms with Gasteiger partial charge in [-0.2, -0.15) is 0 Å². The number of carbonyl (C=O) groups is 2. The van der Waals surface area contributed by atoms with Crippen LogP contribution in [0, 0.1) is 5.92 Å². The van der Waals surface area contributed by atoms with Gasteiger partial charge < -0.3 is 16.4 Å². The molecule has 2 rings (SSSR count). The van der Waals surface area contributed by atoms with Crippen molar-refractivity contribution in [2.45, 2.75) is 19.4 Å². The third kappa shape index (κ3) is 4.51. The summed E-state index contributed by atoms with van der Waals surface area (Å²) in [6.45, 7) is 2.16. The predicted molar refractivity (Wildman–Crippen MR) is 79.6 cm³/mol. The Hall–Kier alpha value is -1.59. The maximum absolute atomic E-state index is 11.9. The second-order valence-electron chi connectivity index (χ2n) is 4.83. The summed E-state index contributed by atoms with van der Waals surface area (Å²) in [5, 5.41) is 6.12. The molecule has 1 aromatic rings. The number of nitrogens with two attached hydrogens (primary N) is 1. The first kappa shape index (κ1) is 16.5. The van der Waals surface area contributed by atoms with Crippen LogP contribution in [-0.4, -0.2) is 24.9 Å². The smallest absolute Gasteiger partial charge is 0.248 e. The molecule has 0 unspecified atom stereocenters. The Morgan fingerprint density at radius 1 is 1.40 bits per heavy atom. The van der Waals surface area contributed by atoms with E-state index >= 15 is 0 Å². The molecular formula is C14H20ClN3O2. The van der Waals surface area contributed by atoms with Crippen LogP contribution < -0.4 is 16.4 Å². The average Bonchev–Trinajstić information content (AvgIpc) is 2.46. The third-order valence-electron chi connectivity index (χ3n) is 3.35. The van der Waals surface area contributed by atoms with Gasteiger partial charge in [0.15, 0.2) is 0 Å². The second kappa shape index (κ2) is 7.87. The molecule has 1 aliphatic rings. The third-order valence-corrected chi connectivity index (χ3v) is 3.35. The van der Waals surface area contributed by atoms with Crippen LogP contribution in [0.5, 0.6) is 0 Å². The Morgan fingerprint density at radius 2 is 2.20 bits per heavy atom.